The minimum atomic E-state index is -0.551. The Balaban J connectivity index is 0.000000138. The van der Waals surface area contributed by atoms with Gasteiger partial charge in [-0.25, -0.2) is 10.4 Å². The summed E-state index contributed by atoms with van der Waals surface area (Å²) in [6.07, 6.45) is 8.52. The van der Waals surface area contributed by atoms with Crippen LogP contribution in [0.2, 0.25) is 20.1 Å². The molecule has 37 heteroatoms. The second-order valence-corrected chi connectivity index (χ2v) is 40.1. The van der Waals surface area contributed by atoms with Crippen LogP contribution in [0, 0.1) is 83.1 Å². The van der Waals surface area contributed by atoms with Gasteiger partial charge in [-0.05, 0) is 204 Å². The highest BCUT2D eigenvalue weighted by atomic mass is 35.5. The predicted octanol–water partition coefficient (Wildman–Crippen LogP) is 19.4. The third-order valence-corrected chi connectivity index (χ3v) is 30.1. The molecule has 0 unspecified atom stereocenters. The minimum absolute atomic E-state index is 0. The summed E-state index contributed by atoms with van der Waals surface area (Å²) in [5, 5.41) is 58.4. The molecule has 0 spiro atoms. The number of nitrogens with one attached hydrogen (secondary N) is 3. The van der Waals surface area contributed by atoms with Crippen LogP contribution in [0.15, 0.2) is 164 Å². The number of ketones is 2. The zero-order chi connectivity index (χ0) is 95.3. The highest BCUT2D eigenvalue weighted by Gasteiger charge is 2.38. The molecule has 14 heterocycles. The molecule has 4 atom stereocenters. The molecular formula is C99H104Cl4N24O5S4. The number of likely N-dealkylation sites (N-methyl/N-ethyl adjacent to an activating group) is 1. The van der Waals surface area contributed by atoms with Gasteiger partial charge in [0.1, 0.15) is 84.8 Å². The van der Waals surface area contributed by atoms with Gasteiger partial charge in [0.2, 0.25) is 11.8 Å². The lowest BCUT2D eigenvalue weighted by atomic mass is 9.99. The van der Waals surface area contributed by atoms with Crippen molar-refractivity contribution in [3.05, 3.63) is 298 Å². The van der Waals surface area contributed by atoms with Gasteiger partial charge in [0.05, 0.1) is 48.4 Å². The van der Waals surface area contributed by atoms with Gasteiger partial charge >= 0.3 is 0 Å². The lowest BCUT2D eigenvalue weighted by Crippen LogP contribution is -2.45. The number of benzene rings is 5. The van der Waals surface area contributed by atoms with Gasteiger partial charge in [0.15, 0.2) is 29.1 Å². The molecule has 1 saturated heterocycles. The van der Waals surface area contributed by atoms with E-state index in [4.69, 9.17) is 66.4 Å². The number of aromatic nitrogens is 14. The number of amides is 2. The second kappa shape index (κ2) is 43.0. The largest absolute Gasteiger partial charge is 0.508 e. The van der Waals surface area contributed by atoms with Crippen LogP contribution in [0.4, 0.5) is 0 Å². The molecule has 5 aromatic carbocycles. The van der Waals surface area contributed by atoms with E-state index in [0.29, 0.717) is 62.8 Å². The summed E-state index contributed by atoms with van der Waals surface area (Å²) >= 11 is 31.4. The SMILES string of the molecule is C.CCC(=O)C[C@@H]1N=C(c2ccc(Cl)cc2)c2c(sc(C)c2C)-n2c(C)nnc21.Cc1sc2c(c1C)C(c1ccc(Cl)cc1)=N[C@@H](CC(=O)CN=Cc1ccc(O)cc1)c1nnc(C)n1-2.Cc1sc2c(c1C)C(c1ccc(Cl)cc1)=N[C@@H](CC(=O)N/N=C/c1ncc[nH]1)c1nnc(C)n1-2.Cc1sc2c(c1C)C(c1ccc(Cl)cc1)=N[C@@H](CC(=O)NCCCN1CCN(C)CC1)c1nnc(C)n1-2. The molecule has 0 saturated carbocycles. The summed E-state index contributed by atoms with van der Waals surface area (Å²) in [6.45, 7) is 32.5. The number of hydrogen-bond donors (Lipinski definition) is 4. The molecule has 2 amide bonds. The first-order chi connectivity index (χ1) is 64.9. The smallest absolute Gasteiger partial charge is 0.242 e. The molecule has 9 aromatic heterocycles. The molecule has 136 heavy (non-hydrogen) atoms. The van der Waals surface area contributed by atoms with E-state index in [0.717, 1.165) is 172 Å². The maximum Gasteiger partial charge on any atom is 0.242 e. The van der Waals surface area contributed by atoms with Crippen molar-refractivity contribution in [1.82, 2.24) is 89.6 Å². The Morgan fingerprint density at radius 1 is 0.456 bits per heavy atom. The first-order valence-corrected chi connectivity index (χ1v) is 49.0. The van der Waals surface area contributed by atoms with Crippen molar-refractivity contribution in [3.63, 3.8) is 0 Å². The van der Waals surface area contributed by atoms with Crippen LogP contribution in [0.5, 0.6) is 5.75 Å². The number of phenols is 1. The quantitative estimate of drug-likeness (QED) is 0.0278. The fourth-order valence-corrected chi connectivity index (χ4v) is 21.9. The summed E-state index contributed by atoms with van der Waals surface area (Å²) in [6, 6.07) is 35.4. The molecule has 0 bridgehead atoms. The number of aliphatic imine (C=N–C) groups is 5. The number of halogens is 4. The first kappa shape index (κ1) is 98.4. The Hall–Kier alpha value is -12.2. The molecule has 702 valence electrons. The van der Waals surface area contributed by atoms with Gasteiger partial charge in [-0.1, -0.05) is 109 Å². The number of Topliss-reactive ketones (excluding diaryl/α,β-unsaturated/α-hetero) is 2. The normalized spacial score (nSPS) is 15.9. The number of piperazine rings is 1. The second-order valence-electron chi connectivity index (χ2n) is 33.5. The molecule has 4 N–H and O–H groups in total. The third kappa shape index (κ3) is 21.5. The number of nitrogens with zero attached hydrogens (tertiary/aromatic N) is 21. The van der Waals surface area contributed by atoms with Crippen molar-refractivity contribution in [2.45, 2.75) is 160 Å². The summed E-state index contributed by atoms with van der Waals surface area (Å²) in [5.41, 5.74) is 19.4. The van der Waals surface area contributed by atoms with E-state index in [-0.39, 0.29) is 68.4 Å². The summed E-state index contributed by atoms with van der Waals surface area (Å²) in [7, 11) is 2.16. The maximum absolute atomic E-state index is 13.1. The highest BCUT2D eigenvalue weighted by molar-refractivity contribution is 7.16. The molecule has 5 aliphatic heterocycles. The first-order valence-electron chi connectivity index (χ1n) is 44.2. The van der Waals surface area contributed by atoms with Gasteiger partial charge in [0, 0.05) is 155 Å². The van der Waals surface area contributed by atoms with Crippen LogP contribution in [-0.4, -0.2) is 195 Å². The number of carbonyl (C=O) groups excluding carboxylic acids is 4. The Morgan fingerprint density at radius 3 is 1.15 bits per heavy atom. The van der Waals surface area contributed by atoms with Crippen molar-refractivity contribution in [2.24, 2.45) is 30.1 Å². The summed E-state index contributed by atoms with van der Waals surface area (Å²) in [5.74, 6) is 6.31. The van der Waals surface area contributed by atoms with Crippen LogP contribution < -0.4 is 10.7 Å². The van der Waals surface area contributed by atoms with Gasteiger partial charge in [-0.15, -0.1) is 86.1 Å². The molecule has 5 aliphatic rings. The minimum Gasteiger partial charge on any atom is -0.508 e. The van der Waals surface area contributed by atoms with Crippen LogP contribution >= 0.6 is 91.8 Å². The van der Waals surface area contributed by atoms with Crippen molar-refractivity contribution in [1.29, 1.82) is 0 Å². The Morgan fingerprint density at radius 2 is 0.801 bits per heavy atom. The third-order valence-electron chi connectivity index (χ3n) is 24.3. The molecule has 14 aromatic rings. The predicted molar refractivity (Wildman–Crippen MR) is 545 cm³/mol. The average molecular weight is 1980 g/mol. The molecular weight excluding hydrogens is 1880 g/mol. The number of aromatic amines is 1. The number of thiophene rings is 4. The number of imidazole rings is 1. The standard InChI is InChI=1S/C27H34ClN7OS.C27H24ClN5O2S.C23H21ClN8OS.C21H21ClN4OS.CH4/c1-17-18(2)37-27-24(17)25(20-6-8-21(28)9-7-20)30-22(26-32-31-19(3)35(26)27)16-23(36)29-10-5-11-34-14-12-33(4)13-15-34;1-15-16(2)36-27-24(15)25(19-6-8-20(28)9-7-19)30-23(26-32-31-17(3)33(26)27)12-22(35)14-29-13-18-4-10-21(34)11-5-18;1-12-13(2)34-23-20(12)21(15-4-6-16(24)7-5-15)28-17(22-31-29-14(3)32(22)23)10-19(33)30-27-11-18-25-8-9-26-18;1-5-16(27)10-17-20-25-24-13(4)26(20)21-18(11(2)12(3)28-21)19(23-17)14-6-8-15(22)9-7-14;/h6-9,22H,5,10-16H2,1-4H3,(H,29,36);4-11,13,23,34H,12,14H2,1-3H3;4-9,11,17H,10H2,1-3H3,(H,25,26)(H,30,33);6-9,17H,5,10H2,1-4H3;1H4/b;;27-11+;;/t22-;23-;2*17-;/m0000./s1. The fourth-order valence-electron chi connectivity index (χ4n) is 16.6. The Bertz CT molecular complexity index is 6960. The number of hydrogen-bond acceptors (Lipinski definition) is 26. The van der Waals surface area contributed by atoms with Crippen molar-refractivity contribution < 1.29 is 24.3 Å². The van der Waals surface area contributed by atoms with E-state index in [2.05, 4.69) is 153 Å². The van der Waals surface area contributed by atoms with E-state index < -0.39 is 18.1 Å². The molecule has 0 aliphatic carbocycles. The van der Waals surface area contributed by atoms with Crippen LogP contribution in [0.25, 0.3) is 20.0 Å². The number of phenolic OH excluding ortho intramolecular Hbond substituents is 1. The Kier molecular flexibility index (Phi) is 31.1. The monoisotopic (exact) mass is 1980 g/mol. The number of rotatable bonds is 22. The van der Waals surface area contributed by atoms with Crippen LogP contribution in [-0.2, 0) is 19.2 Å². The van der Waals surface area contributed by atoms with Gasteiger partial charge in [-0.3, -0.25) is 62.4 Å². The maximum atomic E-state index is 13.1. The number of aryl methyl sites for hydroxylation is 8. The van der Waals surface area contributed by atoms with Crippen LogP contribution in [0.1, 0.15) is 221 Å². The topological polar surface area (TPSA) is 345 Å². The van der Waals surface area contributed by atoms with E-state index >= 15 is 0 Å². The van der Waals surface area contributed by atoms with Crippen molar-refractivity contribution >= 4 is 150 Å². The molecule has 1 fully saturated rings. The number of fused-ring (bicyclic) bond motifs is 12. The van der Waals surface area contributed by atoms with Gasteiger partial charge < -0.3 is 25.2 Å². The van der Waals surface area contributed by atoms with Gasteiger partial charge in [0.25, 0.3) is 0 Å². The molecule has 19 rings (SSSR count). The Labute approximate surface area is 824 Å². The zero-order valence-corrected chi connectivity index (χ0v) is 83.3. The van der Waals surface area contributed by atoms with E-state index in [1.807, 2.05) is 141 Å². The molecule has 0 radical (unpaired) electrons. The van der Waals surface area contributed by atoms with E-state index in [1.165, 1.54) is 36.9 Å². The fraction of sp³-hybridized carbons (Fsp3) is 0.323. The average Bonchev–Trinajstić information content (AvgIpc) is 1.60. The van der Waals surface area contributed by atoms with Crippen molar-refractivity contribution in [3.8, 4) is 25.8 Å². The van der Waals surface area contributed by atoms with E-state index in [9.17, 15) is 24.3 Å². The number of H-pyrrole nitrogens is 1. The molecule has 29 nitrogen and oxygen atoms in total. The zero-order valence-electron chi connectivity index (χ0n) is 77.0. The lowest BCUT2D eigenvalue weighted by Gasteiger charge is -2.32. The summed E-state index contributed by atoms with van der Waals surface area (Å²) in [4.78, 5) is 92.5. The number of aromatic hydroxyl groups is 1. The number of hydrazone groups is 1. The number of carbonyl (C=O) groups is 4. The van der Waals surface area contributed by atoms with Crippen molar-refractivity contribution in [2.75, 3.05) is 52.9 Å². The lowest BCUT2D eigenvalue weighted by molar-refractivity contribution is -0.122. The summed E-state index contributed by atoms with van der Waals surface area (Å²) < 4.78 is 8.19. The van der Waals surface area contributed by atoms with Gasteiger partial charge in [-0.2, -0.15) is 5.10 Å². The highest BCUT2D eigenvalue weighted by Crippen LogP contribution is 2.46. The van der Waals surface area contributed by atoms with Crippen LogP contribution in [0.3, 0.4) is 0 Å². The van der Waals surface area contributed by atoms with E-state index in [1.54, 1.807) is 88.2 Å².